The molecule has 0 radical (unpaired) electrons. The maximum absolute atomic E-state index is 5.75. The summed E-state index contributed by atoms with van der Waals surface area (Å²) >= 11 is 7.72. The Labute approximate surface area is 130 Å². The van der Waals surface area contributed by atoms with Crippen LogP contribution in [0.25, 0.3) is 0 Å². The molecule has 1 saturated carbocycles. The van der Waals surface area contributed by atoms with Gasteiger partial charge in [-0.3, -0.25) is 0 Å². The van der Waals surface area contributed by atoms with E-state index < -0.39 is 0 Å². The van der Waals surface area contributed by atoms with Crippen molar-refractivity contribution in [3.05, 3.63) is 16.0 Å². The van der Waals surface area contributed by atoms with Gasteiger partial charge in [0.2, 0.25) is 0 Å². The van der Waals surface area contributed by atoms with Gasteiger partial charge in [0, 0.05) is 10.4 Å². The van der Waals surface area contributed by atoms with Crippen LogP contribution < -0.4 is 10.6 Å². The van der Waals surface area contributed by atoms with Crippen LogP contribution in [0.5, 0.6) is 0 Å². The number of rotatable bonds is 0. The van der Waals surface area contributed by atoms with Crippen molar-refractivity contribution in [3.8, 4) is 0 Å². The zero-order valence-electron chi connectivity index (χ0n) is 12.1. The van der Waals surface area contributed by atoms with Gasteiger partial charge in [0.15, 0.2) is 0 Å². The summed E-state index contributed by atoms with van der Waals surface area (Å²) in [6.45, 7) is 2.36. The zero-order valence-corrected chi connectivity index (χ0v) is 13.7. The molecule has 1 aromatic rings. The molecule has 1 aliphatic heterocycles. The SMILES string of the molecule is C[C@@H]1CCC[C@@]2(C1)NC(=S)c1c(sc3c1CCCC3)N2. The maximum Gasteiger partial charge on any atom is 0.111 e. The number of thiophene rings is 1. The smallest absolute Gasteiger partial charge is 0.111 e. The van der Waals surface area contributed by atoms with E-state index in [1.54, 1.807) is 10.4 Å². The summed E-state index contributed by atoms with van der Waals surface area (Å²) in [5.41, 5.74) is 2.92. The van der Waals surface area contributed by atoms with Crippen molar-refractivity contribution in [1.82, 2.24) is 5.32 Å². The van der Waals surface area contributed by atoms with Crippen LogP contribution in [0, 0.1) is 5.92 Å². The molecule has 4 heteroatoms. The fourth-order valence-electron chi connectivity index (χ4n) is 4.20. The minimum absolute atomic E-state index is 0.0369. The van der Waals surface area contributed by atoms with E-state index in [0.717, 1.165) is 10.9 Å². The van der Waals surface area contributed by atoms with Crippen LogP contribution in [0.2, 0.25) is 0 Å². The summed E-state index contributed by atoms with van der Waals surface area (Å²) in [4.78, 5) is 2.59. The number of fused-ring (bicyclic) bond motifs is 3. The van der Waals surface area contributed by atoms with E-state index in [9.17, 15) is 0 Å². The van der Waals surface area contributed by atoms with Gasteiger partial charge in [-0.05, 0) is 56.4 Å². The highest BCUT2D eigenvalue weighted by Crippen LogP contribution is 2.44. The summed E-state index contributed by atoms with van der Waals surface area (Å²) in [5.74, 6) is 0.780. The van der Waals surface area contributed by atoms with E-state index >= 15 is 0 Å². The molecule has 2 N–H and O–H groups in total. The van der Waals surface area contributed by atoms with Crippen LogP contribution in [0.15, 0.2) is 0 Å². The lowest BCUT2D eigenvalue weighted by atomic mass is 9.81. The molecule has 3 aliphatic rings. The number of hydrogen-bond acceptors (Lipinski definition) is 3. The van der Waals surface area contributed by atoms with Gasteiger partial charge in [-0.1, -0.05) is 25.6 Å². The molecule has 1 spiro atoms. The van der Waals surface area contributed by atoms with E-state index in [2.05, 4.69) is 17.6 Å². The molecule has 2 heterocycles. The van der Waals surface area contributed by atoms with Gasteiger partial charge in [0.25, 0.3) is 0 Å². The molecule has 0 bridgehead atoms. The summed E-state index contributed by atoms with van der Waals surface area (Å²) in [6, 6.07) is 0. The first-order valence-electron chi connectivity index (χ1n) is 7.92. The lowest BCUT2D eigenvalue weighted by Gasteiger charge is -2.45. The van der Waals surface area contributed by atoms with Crippen LogP contribution >= 0.6 is 23.6 Å². The van der Waals surface area contributed by atoms with E-state index in [-0.39, 0.29) is 5.66 Å². The van der Waals surface area contributed by atoms with Crippen molar-refractivity contribution < 1.29 is 0 Å². The second kappa shape index (κ2) is 4.70. The summed E-state index contributed by atoms with van der Waals surface area (Å²) in [5, 5.41) is 8.89. The largest absolute Gasteiger partial charge is 0.354 e. The third-order valence-corrected chi connectivity index (χ3v) is 6.61. The molecule has 2 aliphatic carbocycles. The number of anilines is 1. The molecule has 2 nitrogen and oxygen atoms in total. The van der Waals surface area contributed by atoms with Crippen LogP contribution in [-0.2, 0) is 12.8 Å². The predicted octanol–water partition coefficient (Wildman–Crippen LogP) is 4.22. The summed E-state index contributed by atoms with van der Waals surface area (Å²) in [6.07, 6.45) is 10.2. The first kappa shape index (κ1) is 13.1. The van der Waals surface area contributed by atoms with Crippen LogP contribution in [0.4, 0.5) is 5.00 Å². The first-order chi connectivity index (χ1) is 9.67. The van der Waals surface area contributed by atoms with Crippen molar-refractivity contribution >= 4 is 33.5 Å². The van der Waals surface area contributed by atoms with Crippen molar-refractivity contribution in [3.63, 3.8) is 0 Å². The van der Waals surface area contributed by atoms with Gasteiger partial charge in [-0.15, -0.1) is 11.3 Å². The Hall–Kier alpha value is -0.610. The van der Waals surface area contributed by atoms with Gasteiger partial charge in [-0.25, -0.2) is 0 Å². The molecule has 2 atom stereocenters. The average Bonchev–Trinajstić information content (AvgIpc) is 2.76. The van der Waals surface area contributed by atoms with E-state index in [1.165, 1.54) is 61.9 Å². The van der Waals surface area contributed by atoms with Crippen molar-refractivity contribution in [2.75, 3.05) is 5.32 Å². The van der Waals surface area contributed by atoms with E-state index in [0.29, 0.717) is 0 Å². The minimum Gasteiger partial charge on any atom is -0.354 e. The van der Waals surface area contributed by atoms with E-state index in [1.807, 2.05) is 11.3 Å². The quantitative estimate of drug-likeness (QED) is 0.702. The summed E-state index contributed by atoms with van der Waals surface area (Å²) in [7, 11) is 0. The average molecular weight is 307 g/mol. The lowest BCUT2D eigenvalue weighted by molar-refractivity contribution is 0.241. The molecule has 0 unspecified atom stereocenters. The molecule has 20 heavy (non-hydrogen) atoms. The second-order valence-electron chi connectivity index (χ2n) is 6.78. The molecule has 4 rings (SSSR count). The van der Waals surface area contributed by atoms with Gasteiger partial charge in [0.1, 0.15) is 15.7 Å². The number of aryl methyl sites for hydroxylation is 1. The fraction of sp³-hybridized carbons (Fsp3) is 0.688. The Balaban J connectivity index is 1.72. The highest BCUT2D eigenvalue weighted by atomic mass is 32.1. The van der Waals surface area contributed by atoms with Crippen molar-refractivity contribution in [2.24, 2.45) is 5.92 Å². The molecule has 0 saturated heterocycles. The summed E-state index contributed by atoms with van der Waals surface area (Å²) < 4.78 is 0. The standard InChI is InChI=1S/C16H22N2S2/c1-10-5-4-8-16(9-10)17-14(19)13-11-6-2-3-7-12(11)20-15(13)18-16/h10,18H,2-9H2,1H3,(H,17,19)/t10-,16-/m1/s1. The molecule has 1 aromatic heterocycles. The Morgan fingerprint density at radius 3 is 2.90 bits per heavy atom. The Kier molecular flexibility index (Phi) is 3.08. The molecule has 0 amide bonds. The Bertz CT molecular complexity index is 563. The number of hydrogen-bond donors (Lipinski definition) is 2. The zero-order chi connectivity index (χ0) is 13.7. The molecule has 0 aromatic carbocycles. The topological polar surface area (TPSA) is 24.1 Å². The fourth-order valence-corrected chi connectivity index (χ4v) is 6.08. The maximum atomic E-state index is 5.75. The predicted molar refractivity (Wildman–Crippen MR) is 89.8 cm³/mol. The Morgan fingerprint density at radius 1 is 1.20 bits per heavy atom. The molecule has 108 valence electrons. The normalized spacial score (nSPS) is 32.2. The van der Waals surface area contributed by atoms with Gasteiger partial charge >= 0.3 is 0 Å². The molecular formula is C16H22N2S2. The minimum atomic E-state index is 0.0369. The lowest BCUT2D eigenvalue weighted by Crippen LogP contribution is -2.59. The number of thiocarbonyl (C=S) groups is 1. The molecular weight excluding hydrogens is 284 g/mol. The van der Waals surface area contributed by atoms with Crippen LogP contribution in [0.1, 0.15) is 61.5 Å². The molecule has 1 fully saturated rings. The van der Waals surface area contributed by atoms with Gasteiger partial charge < -0.3 is 10.6 Å². The first-order valence-corrected chi connectivity index (χ1v) is 9.15. The second-order valence-corrected chi connectivity index (χ2v) is 8.29. The van der Waals surface area contributed by atoms with Crippen LogP contribution in [-0.4, -0.2) is 10.7 Å². The third-order valence-electron chi connectivity index (χ3n) is 5.10. The third kappa shape index (κ3) is 2.00. The van der Waals surface area contributed by atoms with Crippen molar-refractivity contribution in [2.45, 2.75) is 64.0 Å². The Morgan fingerprint density at radius 2 is 2.05 bits per heavy atom. The van der Waals surface area contributed by atoms with Gasteiger partial charge in [-0.2, -0.15) is 0 Å². The van der Waals surface area contributed by atoms with Gasteiger partial charge in [0.05, 0.1) is 0 Å². The number of nitrogens with one attached hydrogen (secondary N) is 2. The monoisotopic (exact) mass is 306 g/mol. The highest BCUT2D eigenvalue weighted by Gasteiger charge is 2.41. The van der Waals surface area contributed by atoms with Crippen LogP contribution in [0.3, 0.4) is 0 Å². The highest BCUT2D eigenvalue weighted by molar-refractivity contribution is 7.80. The van der Waals surface area contributed by atoms with E-state index in [4.69, 9.17) is 12.2 Å². The van der Waals surface area contributed by atoms with Crippen molar-refractivity contribution in [1.29, 1.82) is 0 Å².